The Bertz CT molecular complexity index is 386. The molecule has 1 amide bonds. The number of amides is 1. The number of hydrogen-bond donors (Lipinski definition) is 1. The Labute approximate surface area is 117 Å². The minimum Gasteiger partial charge on any atom is -0.356 e. The molecule has 0 aromatic heterocycles. The summed E-state index contributed by atoms with van der Waals surface area (Å²) in [5.74, 6) is 0.116. The van der Waals surface area contributed by atoms with Crippen LogP contribution in [0.5, 0.6) is 0 Å². The maximum absolute atomic E-state index is 11.8. The van der Waals surface area contributed by atoms with Crippen LogP contribution < -0.4 is 5.32 Å². The molecule has 1 N–H and O–H groups in total. The number of carbonyl (C=O) groups is 1. The molecule has 0 saturated carbocycles. The molecule has 0 saturated heterocycles. The first-order valence-electron chi connectivity index (χ1n) is 7.20. The third-order valence-electron chi connectivity index (χ3n) is 3.31. The summed E-state index contributed by atoms with van der Waals surface area (Å²) >= 11 is 0. The normalized spacial score (nSPS) is 10.7. The lowest BCUT2D eigenvalue weighted by atomic mass is 10.1. The average molecular weight is 262 g/mol. The number of nitrogens with zero attached hydrogens (tertiary/aromatic N) is 1. The summed E-state index contributed by atoms with van der Waals surface area (Å²) in [4.78, 5) is 14.2. The van der Waals surface area contributed by atoms with Gasteiger partial charge in [0.25, 0.3) is 0 Å². The first kappa shape index (κ1) is 15.7. The summed E-state index contributed by atoms with van der Waals surface area (Å²) < 4.78 is 0. The van der Waals surface area contributed by atoms with E-state index in [2.05, 4.69) is 30.1 Å². The monoisotopic (exact) mass is 262 g/mol. The molecule has 106 valence electrons. The van der Waals surface area contributed by atoms with Gasteiger partial charge in [0.15, 0.2) is 0 Å². The van der Waals surface area contributed by atoms with Crippen molar-refractivity contribution in [2.24, 2.45) is 0 Å². The predicted octanol–water partition coefficient (Wildman–Crippen LogP) is 2.39. The highest BCUT2D eigenvalue weighted by molar-refractivity contribution is 5.78. The number of benzene rings is 1. The Kier molecular flexibility index (Phi) is 7.19. The van der Waals surface area contributed by atoms with Gasteiger partial charge in [-0.2, -0.15) is 0 Å². The highest BCUT2D eigenvalue weighted by Crippen LogP contribution is 2.04. The highest BCUT2D eigenvalue weighted by Gasteiger charge is 2.03. The summed E-state index contributed by atoms with van der Waals surface area (Å²) in [6.07, 6.45) is 1.49. The molecule has 0 fully saturated rings. The first-order chi connectivity index (χ1) is 9.15. The zero-order valence-corrected chi connectivity index (χ0v) is 12.4. The first-order valence-corrected chi connectivity index (χ1v) is 7.20. The molecule has 0 aliphatic rings. The van der Waals surface area contributed by atoms with Gasteiger partial charge in [0.2, 0.25) is 5.91 Å². The SMILES string of the molecule is CCN(CC)CCCNC(=O)Cc1cccc(C)c1. The van der Waals surface area contributed by atoms with Crippen molar-refractivity contribution in [3.63, 3.8) is 0 Å². The van der Waals surface area contributed by atoms with Gasteiger partial charge in [-0.05, 0) is 38.5 Å². The second-order valence-corrected chi connectivity index (χ2v) is 4.90. The van der Waals surface area contributed by atoms with E-state index in [1.54, 1.807) is 0 Å². The lowest BCUT2D eigenvalue weighted by Gasteiger charge is -2.17. The molecule has 1 rings (SSSR count). The standard InChI is InChI=1S/C16H26N2O/c1-4-18(5-2)11-7-10-17-16(19)13-15-9-6-8-14(3)12-15/h6,8-9,12H,4-5,7,10-11,13H2,1-3H3,(H,17,19). The Balaban J connectivity index is 2.21. The van der Waals surface area contributed by atoms with Crippen LogP contribution in [-0.4, -0.2) is 37.0 Å². The molecule has 0 radical (unpaired) electrons. The Morgan fingerprint density at radius 2 is 2.00 bits per heavy atom. The second kappa shape index (κ2) is 8.70. The zero-order chi connectivity index (χ0) is 14.1. The number of rotatable bonds is 8. The third-order valence-corrected chi connectivity index (χ3v) is 3.31. The molecule has 0 atom stereocenters. The summed E-state index contributed by atoms with van der Waals surface area (Å²) in [6, 6.07) is 8.11. The summed E-state index contributed by atoms with van der Waals surface area (Å²) in [5, 5.41) is 2.99. The van der Waals surface area contributed by atoms with Crippen LogP contribution >= 0.6 is 0 Å². The van der Waals surface area contributed by atoms with Crippen molar-refractivity contribution in [2.75, 3.05) is 26.2 Å². The van der Waals surface area contributed by atoms with Crippen LogP contribution in [0, 0.1) is 6.92 Å². The van der Waals surface area contributed by atoms with Crippen molar-refractivity contribution in [1.82, 2.24) is 10.2 Å². The van der Waals surface area contributed by atoms with E-state index in [4.69, 9.17) is 0 Å². The number of nitrogens with one attached hydrogen (secondary N) is 1. The highest BCUT2D eigenvalue weighted by atomic mass is 16.1. The predicted molar refractivity (Wildman–Crippen MR) is 80.3 cm³/mol. The minimum atomic E-state index is 0.116. The minimum absolute atomic E-state index is 0.116. The van der Waals surface area contributed by atoms with E-state index in [1.165, 1.54) is 5.56 Å². The van der Waals surface area contributed by atoms with Crippen LogP contribution in [0.25, 0.3) is 0 Å². The van der Waals surface area contributed by atoms with Crippen molar-refractivity contribution in [3.05, 3.63) is 35.4 Å². The van der Waals surface area contributed by atoms with Crippen LogP contribution in [0.2, 0.25) is 0 Å². The van der Waals surface area contributed by atoms with Gasteiger partial charge in [-0.25, -0.2) is 0 Å². The quantitative estimate of drug-likeness (QED) is 0.730. The largest absolute Gasteiger partial charge is 0.356 e. The van der Waals surface area contributed by atoms with E-state index in [-0.39, 0.29) is 5.91 Å². The van der Waals surface area contributed by atoms with E-state index in [0.29, 0.717) is 6.42 Å². The molecule has 0 aliphatic heterocycles. The van der Waals surface area contributed by atoms with Crippen molar-refractivity contribution >= 4 is 5.91 Å². The number of aryl methyl sites for hydroxylation is 1. The van der Waals surface area contributed by atoms with Crippen LogP contribution in [0.1, 0.15) is 31.4 Å². The summed E-state index contributed by atoms with van der Waals surface area (Å²) in [7, 11) is 0. The van der Waals surface area contributed by atoms with Gasteiger partial charge in [-0.3, -0.25) is 4.79 Å². The Morgan fingerprint density at radius 3 is 2.63 bits per heavy atom. The maximum Gasteiger partial charge on any atom is 0.224 e. The lowest BCUT2D eigenvalue weighted by Crippen LogP contribution is -2.30. The number of hydrogen-bond acceptors (Lipinski definition) is 2. The van der Waals surface area contributed by atoms with Crippen molar-refractivity contribution in [2.45, 2.75) is 33.6 Å². The van der Waals surface area contributed by atoms with Crippen molar-refractivity contribution < 1.29 is 4.79 Å². The molecule has 0 spiro atoms. The van der Waals surface area contributed by atoms with Crippen molar-refractivity contribution in [1.29, 1.82) is 0 Å². The van der Waals surface area contributed by atoms with Gasteiger partial charge in [0.05, 0.1) is 6.42 Å². The number of carbonyl (C=O) groups excluding carboxylic acids is 1. The van der Waals surface area contributed by atoms with Gasteiger partial charge in [0, 0.05) is 6.54 Å². The van der Waals surface area contributed by atoms with E-state index in [0.717, 1.165) is 38.2 Å². The zero-order valence-electron chi connectivity index (χ0n) is 12.4. The van der Waals surface area contributed by atoms with Crippen molar-refractivity contribution in [3.8, 4) is 0 Å². The maximum atomic E-state index is 11.8. The summed E-state index contributed by atoms with van der Waals surface area (Å²) in [5.41, 5.74) is 2.29. The second-order valence-electron chi connectivity index (χ2n) is 4.90. The topological polar surface area (TPSA) is 32.3 Å². The van der Waals surface area contributed by atoms with E-state index < -0.39 is 0 Å². The van der Waals surface area contributed by atoms with Crippen LogP contribution in [0.4, 0.5) is 0 Å². The van der Waals surface area contributed by atoms with E-state index in [9.17, 15) is 4.79 Å². The Hall–Kier alpha value is -1.35. The van der Waals surface area contributed by atoms with E-state index in [1.807, 2.05) is 25.1 Å². The molecule has 19 heavy (non-hydrogen) atoms. The van der Waals surface area contributed by atoms with Gasteiger partial charge in [-0.15, -0.1) is 0 Å². The van der Waals surface area contributed by atoms with Gasteiger partial charge >= 0.3 is 0 Å². The molecule has 1 aromatic rings. The molecule has 0 bridgehead atoms. The van der Waals surface area contributed by atoms with Crippen LogP contribution in [0.15, 0.2) is 24.3 Å². The van der Waals surface area contributed by atoms with Gasteiger partial charge < -0.3 is 10.2 Å². The molecule has 3 heteroatoms. The molecule has 1 aromatic carbocycles. The van der Waals surface area contributed by atoms with Gasteiger partial charge in [0.1, 0.15) is 0 Å². The molecule has 0 unspecified atom stereocenters. The van der Waals surface area contributed by atoms with Gasteiger partial charge in [-0.1, -0.05) is 43.7 Å². The fourth-order valence-electron chi connectivity index (χ4n) is 2.14. The molecular formula is C16H26N2O. The van der Waals surface area contributed by atoms with Crippen LogP contribution in [-0.2, 0) is 11.2 Å². The smallest absolute Gasteiger partial charge is 0.224 e. The van der Waals surface area contributed by atoms with Crippen LogP contribution in [0.3, 0.4) is 0 Å². The average Bonchev–Trinajstić information content (AvgIpc) is 2.39. The lowest BCUT2D eigenvalue weighted by molar-refractivity contribution is -0.120. The molecule has 0 heterocycles. The fourth-order valence-corrected chi connectivity index (χ4v) is 2.14. The molecular weight excluding hydrogens is 236 g/mol. The molecule has 3 nitrogen and oxygen atoms in total. The summed E-state index contributed by atoms with van der Waals surface area (Å²) in [6.45, 7) is 10.4. The fraction of sp³-hybridized carbons (Fsp3) is 0.562. The molecule has 0 aliphatic carbocycles. The Morgan fingerprint density at radius 1 is 1.26 bits per heavy atom. The van der Waals surface area contributed by atoms with E-state index >= 15 is 0 Å². The third kappa shape index (κ3) is 6.39.